The van der Waals surface area contributed by atoms with E-state index in [1.807, 2.05) is 54.3 Å². The molecule has 2 aromatic carbocycles. The molecule has 1 fully saturated rings. The van der Waals surface area contributed by atoms with Crippen LogP contribution >= 0.6 is 0 Å². The van der Waals surface area contributed by atoms with Crippen LogP contribution in [-0.2, 0) is 6.54 Å². The molecular weight excluding hydrogens is 348 g/mol. The van der Waals surface area contributed by atoms with Gasteiger partial charge in [-0.2, -0.15) is 5.10 Å². The molecular formula is C23H26N4O. The molecule has 0 spiro atoms. The molecule has 144 valence electrons. The number of hydrogen-bond donors (Lipinski definition) is 1. The predicted octanol–water partition coefficient (Wildman–Crippen LogP) is 3.75. The highest BCUT2D eigenvalue weighted by Crippen LogP contribution is 2.24. The van der Waals surface area contributed by atoms with Crippen molar-refractivity contribution in [3.63, 3.8) is 0 Å². The number of aromatic nitrogens is 2. The van der Waals surface area contributed by atoms with Crippen LogP contribution in [0, 0.1) is 0 Å². The minimum atomic E-state index is -0.0506. The average molecular weight is 374 g/mol. The zero-order chi connectivity index (χ0) is 19.3. The summed E-state index contributed by atoms with van der Waals surface area (Å²) in [6, 6.07) is 20.7. The second-order valence-electron chi connectivity index (χ2n) is 7.37. The maximum Gasteiger partial charge on any atom is 0.274 e. The van der Waals surface area contributed by atoms with E-state index < -0.39 is 0 Å². The lowest BCUT2D eigenvalue weighted by Gasteiger charge is -2.23. The zero-order valence-electron chi connectivity index (χ0n) is 16.2. The van der Waals surface area contributed by atoms with Crippen molar-refractivity contribution in [1.29, 1.82) is 0 Å². The highest BCUT2D eigenvalue weighted by molar-refractivity contribution is 5.92. The summed E-state index contributed by atoms with van der Waals surface area (Å²) >= 11 is 0. The van der Waals surface area contributed by atoms with Gasteiger partial charge in [-0.1, -0.05) is 54.6 Å². The summed E-state index contributed by atoms with van der Waals surface area (Å²) in [6.45, 7) is 2.52. The van der Waals surface area contributed by atoms with E-state index in [1.54, 1.807) is 4.90 Å². The Balaban J connectivity index is 1.49. The minimum Gasteiger partial charge on any atom is -0.336 e. The van der Waals surface area contributed by atoms with Crippen LogP contribution in [0.3, 0.4) is 0 Å². The summed E-state index contributed by atoms with van der Waals surface area (Å²) in [7, 11) is 1.84. The Hall–Kier alpha value is -2.92. The van der Waals surface area contributed by atoms with Crippen molar-refractivity contribution in [1.82, 2.24) is 20.0 Å². The summed E-state index contributed by atoms with van der Waals surface area (Å²) in [5.41, 5.74) is 3.94. The minimum absolute atomic E-state index is 0.0506. The van der Waals surface area contributed by atoms with Gasteiger partial charge < -0.3 is 10.2 Å². The van der Waals surface area contributed by atoms with Crippen molar-refractivity contribution < 1.29 is 4.79 Å². The van der Waals surface area contributed by atoms with Crippen LogP contribution in [0.4, 0.5) is 0 Å². The summed E-state index contributed by atoms with van der Waals surface area (Å²) in [5, 5.41) is 7.96. The van der Waals surface area contributed by atoms with E-state index >= 15 is 0 Å². The number of carbonyl (C=O) groups is 1. The molecule has 1 aliphatic rings. The van der Waals surface area contributed by atoms with Gasteiger partial charge in [-0.05, 0) is 42.1 Å². The maximum absolute atomic E-state index is 12.9. The molecule has 5 heteroatoms. The third-order valence-corrected chi connectivity index (χ3v) is 5.33. The van der Waals surface area contributed by atoms with Crippen molar-refractivity contribution in [2.45, 2.75) is 25.4 Å². The van der Waals surface area contributed by atoms with Gasteiger partial charge in [-0.15, -0.1) is 0 Å². The van der Waals surface area contributed by atoms with Gasteiger partial charge in [0.05, 0.1) is 6.04 Å². The maximum atomic E-state index is 12.9. The SMILES string of the molecule is CN(Cc1ccccc1-c1ccccc1)C(=O)c1ccn(C2CCCNC2)n1. The zero-order valence-corrected chi connectivity index (χ0v) is 16.2. The average Bonchev–Trinajstić information content (AvgIpc) is 3.25. The number of rotatable bonds is 5. The molecule has 1 saturated heterocycles. The molecule has 0 saturated carbocycles. The molecule has 0 bridgehead atoms. The third kappa shape index (κ3) is 3.99. The van der Waals surface area contributed by atoms with Crippen LogP contribution in [-0.4, -0.2) is 40.7 Å². The van der Waals surface area contributed by atoms with Gasteiger partial charge in [0.15, 0.2) is 0 Å². The summed E-state index contributed by atoms with van der Waals surface area (Å²) in [4.78, 5) is 14.7. The molecule has 1 aromatic heterocycles. The lowest BCUT2D eigenvalue weighted by Crippen LogP contribution is -2.32. The molecule has 1 N–H and O–H groups in total. The van der Waals surface area contributed by atoms with E-state index in [0.29, 0.717) is 18.3 Å². The van der Waals surface area contributed by atoms with Crippen LogP contribution in [0.5, 0.6) is 0 Å². The van der Waals surface area contributed by atoms with Crippen LogP contribution in [0.2, 0.25) is 0 Å². The largest absolute Gasteiger partial charge is 0.336 e. The van der Waals surface area contributed by atoms with Gasteiger partial charge in [-0.25, -0.2) is 0 Å². The topological polar surface area (TPSA) is 50.2 Å². The molecule has 3 aromatic rings. The molecule has 1 aliphatic heterocycles. The third-order valence-electron chi connectivity index (χ3n) is 5.33. The summed E-state index contributed by atoms with van der Waals surface area (Å²) in [6.07, 6.45) is 4.17. The fourth-order valence-electron chi connectivity index (χ4n) is 3.80. The molecule has 1 atom stereocenters. The first kappa shape index (κ1) is 18.4. The van der Waals surface area contributed by atoms with Gasteiger partial charge in [0.2, 0.25) is 0 Å². The molecule has 5 nitrogen and oxygen atoms in total. The van der Waals surface area contributed by atoms with Crippen molar-refractivity contribution >= 4 is 5.91 Å². The monoisotopic (exact) mass is 374 g/mol. The van der Waals surface area contributed by atoms with Crippen molar-refractivity contribution in [3.05, 3.63) is 78.1 Å². The second kappa shape index (κ2) is 8.40. The summed E-state index contributed by atoms with van der Waals surface area (Å²) < 4.78 is 1.94. The van der Waals surface area contributed by atoms with Crippen LogP contribution in [0.15, 0.2) is 66.9 Å². The van der Waals surface area contributed by atoms with Gasteiger partial charge in [0.25, 0.3) is 5.91 Å². The quantitative estimate of drug-likeness (QED) is 0.740. The predicted molar refractivity (Wildman–Crippen MR) is 111 cm³/mol. The standard InChI is InChI=1S/C23H26N4O/c1-26(17-19-10-5-6-12-21(19)18-8-3-2-4-9-18)23(28)22-13-15-27(25-22)20-11-7-14-24-16-20/h2-6,8-10,12-13,15,20,24H,7,11,14,16-17H2,1H3. The first-order chi connectivity index (χ1) is 13.7. The fraction of sp³-hybridized carbons (Fsp3) is 0.304. The van der Waals surface area contributed by atoms with E-state index in [4.69, 9.17) is 0 Å². The number of benzene rings is 2. The van der Waals surface area contributed by atoms with E-state index in [-0.39, 0.29) is 5.91 Å². The first-order valence-electron chi connectivity index (χ1n) is 9.87. The van der Waals surface area contributed by atoms with Crippen LogP contribution < -0.4 is 5.32 Å². The molecule has 1 unspecified atom stereocenters. The molecule has 2 heterocycles. The van der Waals surface area contributed by atoms with Crippen molar-refractivity contribution in [3.8, 4) is 11.1 Å². The Bertz CT molecular complexity index is 929. The molecule has 0 aliphatic carbocycles. The lowest BCUT2D eigenvalue weighted by molar-refractivity contribution is 0.0778. The van der Waals surface area contributed by atoms with Gasteiger partial charge in [0, 0.05) is 26.3 Å². The highest BCUT2D eigenvalue weighted by atomic mass is 16.2. The Morgan fingerprint density at radius 2 is 1.93 bits per heavy atom. The lowest BCUT2D eigenvalue weighted by atomic mass is 9.99. The smallest absolute Gasteiger partial charge is 0.274 e. The second-order valence-corrected chi connectivity index (χ2v) is 7.37. The fourth-order valence-corrected chi connectivity index (χ4v) is 3.80. The van der Waals surface area contributed by atoms with Crippen LogP contribution in [0.1, 0.15) is 34.9 Å². The number of piperidine rings is 1. The van der Waals surface area contributed by atoms with Gasteiger partial charge in [-0.3, -0.25) is 9.48 Å². The van der Waals surface area contributed by atoms with Gasteiger partial charge >= 0.3 is 0 Å². The van der Waals surface area contributed by atoms with E-state index in [9.17, 15) is 4.79 Å². The van der Waals surface area contributed by atoms with Crippen molar-refractivity contribution in [2.75, 3.05) is 20.1 Å². The highest BCUT2D eigenvalue weighted by Gasteiger charge is 2.20. The number of nitrogens with one attached hydrogen (secondary N) is 1. The molecule has 28 heavy (non-hydrogen) atoms. The van der Waals surface area contributed by atoms with Gasteiger partial charge in [0.1, 0.15) is 5.69 Å². The normalized spacial score (nSPS) is 16.7. The number of amides is 1. The van der Waals surface area contributed by atoms with Crippen molar-refractivity contribution in [2.24, 2.45) is 0 Å². The molecule has 1 amide bonds. The Kier molecular flexibility index (Phi) is 5.53. The first-order valence-corrected chi connectivity index (χ1v) is 9.87. The van der Waals surface area contributed by atoms with E-state index in [1.165, 1.54) is 0 Å². The molecule has 0 radical (unpaired) electrons. The number of nitrogens with zero attached hydrogens (tertiary/aromatic N) is 3. The summed E-state index contributed by atoms with van der Waals surface area (Å²) in [5.74, 6) is -0.0506. The van der Waals surface area contributed by atoms with E-state index in [0.717, 1.165) is 42.6 Å². The number of carbonyl (C=O) groups excluding carboxylic acids is 1. The Morgan fingerprint density at radius 1 is 1.14 bits per heavy atom. The van der Waals surface area contributed by atoms with Crippen LogP contribution in [0.25, 0.3) is 11.1 Å². The Morgan fingerprint density at radius 3 is 2.71 bits per heavy atom. The van der Waals surface area contributed by atoms with E-state index in [2.05, 4.69) is 34.7 Å². The molecule has 4 rings (SSSR count). The Labute approximate surface area is 166 Å². The number of hydrogen-bond acceptors (Lipinski definition) is 3.